The molecule has 0 saturated heterocycles. The maximum atomic E-state index is 11.8. The van der Waals surface area contributed by atoms with Crippen LogP contribution in [0.4, 0.5) is 5.69 Å². The number of carbonyl (C=O) groups is 1. The van der Waals surface area contributed by atoms with Crippen LogP contribution >= 0.6 is 11.3 Å². The SMILES string of the molecule is CCNC(=O)c1ccc(C)c(NCc2ccc(C)s2)c1. The molecule has 1 aromatic carbocycles. The zero-order valence-electron chi connectivity index (χ0n) is 12.1. The van der Waals surface area contributed by atoms with Gasteiger partial charge in [-0.2, -0.15) is 0 Å². The molecule has 0 spiro atoms. The minimum Gasteiger partial charge on any atom is -0.380 e. The number of benzene rings is 1. The fourth-order valence-corrected chi connectivity index (χ4v) is 2.81. The number of rotatable bonds is 5. The number of hydrogen-bond acceptors (Lipinski definition) is 3. The number of amides is 1. The van der Waals surface area contributed by atoms with E-state index < -0.39 is 0 Å². The molecule has 0 aliphatic carbocycles. The van der Waals surface area contributed by atoms with Crippen molar-refractivity contribution in [3.05, 3.63) is 51.2 Å². The Morgan fingerprint density at radius 3 is 2.65 bits per heavy atom. The monoisotopic (exact) mass is 288 g/mol. The van der Waals surface area contributed by atoms with Crippen LogP contribution in [-0.2, 0) is 6.54 Å². The van der Waals surface area contributed by atoms with E-state index >= 15 is 0 Å². The molecule has 0 bridgehead atoms. The average Bonchev–Trinajstić information content (AvgIpc) is 2.84. The van der Waals surface area contributed by atoms with Gasteiger partial charge >= 0.3 is 0 Å². The second-order valence-electron chi connectivity index (χ2n) is 4.76. The highest BCUT2D eigenvalue weighted by Gasteiger charge is 2.07. The van der Waals surface area contributed by atoms with Crippen molar-refractivity contribution in [3.8, 4) is 0 Å². The van der Waals surface area contributed by atoms with Crippen molar-refractivity contribution >= 4 is 22.9 Å². The van der Waals surface area contributed by atoms with Gasteiger partial charge in [-0.3, -0.25) is 4.79 Å². The van der Waals surface area contributed by atoms with Gasteiger partial charge in [-0.05, 0) is 50.6 Å². The molecule has 0 saturated carbocycles. The number of nitrogens with one attached hydrogen (secondary N) is 2. The zero-order valence-corrected chi connectivity index (χ0v) is 12.9. The smallest absolute Gasteiger partial charge is 0.251 e. The lowest BCUT2D eigenvalue weighted by molar-refractivity contribution is 0.0956. The molecule has 1 heterocycles. The summed E-state index contributed by atoms with van der Waals surface area (Å²) in [7, 11) is 0. The van der Waals surface area contributed by atoms with Crippen molar-refractivity contribution < 1.29 is 4.79 Å². The van der Waals surface area contributed by atoms with Gasteiger partial charge in [-0.1, -0.05) is 6.07 Å². The topological polar surface area (TPSA) is 41.1 Å². The van der Waals surface area contributed by atoms with Gasteiger partial charge in [0.2, 0.25) is 0 Å². The van der Waals surface area contributed by atoms with E-state index in [-0.39, 0.29) is 5.91 Å². The van der Waals surface area contributed by atoms with Gasteiger partial charge in [0.15, 0.2) is 0 Å². The van der Waals surface area contributed by atoms with E-state index in [1.807, 2.05) is 32.0 Å². The average molecular weight is 288 g/mol. The molecule has 2 aromatic rings. The lowest BCUT2D eigenvalue weighted by Gasteiger charge is -2.11. The van der Waals surface area contributed by atoms with Gasteiger partial charge < -0.3 is 10.6 Å². The minimum absolute atomic E-state index is 0.0254. The summed E-state index contributed by atoms with van der Waals surface area (Å²) in [5, 5.41) is 6.23. The summed E-state index contributed by atoms with van der Waals surface area (Å²) in [6.07, 6.45) is 0. The highest BCUT2D eigenvalue weighted by Crippen LogP contribution is 2.20. The summed E-state index contributed by atoms with van der Waals surface area (Å²) in [6, 6.07) is 10.0. The highest BCUT2D eigenvalue weighted by atomic mass is 32.1. The van der Waals surface area contributed by atoms with E-state index in [0.717, 1.165) is 17.8 Å². The number of carbonyl (C=O) groups excluding carboxylic acids is 1. The Labute approximate surface area is 124 Å². The normalized spacial score (nSPS) is 10.3. The van der Waals surface area contributed by atoms with Crippen LogP contribution in [0.1, 0.15) is 32.6 Å². The van der Waals surface area contributed by atoms with Gasteiger partial charge in [0.1, 0.15) is 0 Å². The molecule has 0 fully saturated rings. The molecule has 106 valence electrons. The molecule has 2 N–H and O–H groups in total. The molecule has 0 aliphatic heterocycles. The van der Waals surface area contributed by atoms with Crippen LogP contribution in [-0.4, -0.2) is 12.5 Å². The van der Waals surface area contributed by atoms with E-state index in [1.54, 1.807) is 11.3 Å². The van der Waals surface area contributed by atoms with Crippen molar-refractivity contribution in [2.45, 2.75) is 27.3 Å². The molecule has 1 aromatic heterocycles. The first-order valence-corrected chi connectivity index (χ1v) is 7.60. The zero-order chi connectivity index (χ0) is 14.5. The van der Waals surface area contributed by atoms with Crippen molar-refractivity contribution in [1.29, 1.82) is 0 Å². The van der Waals surface area contributed by atoms with Gasteiger partial charge in [0.25, 0.3) is 5.91 Å². The third-order valence-corrected chi connectivity index (χ3v) is 4.09. The molecular formula is C16H20N2OS. The molecule has 4 heteroatoms. The maximum absolute atomic E-state index is 11.8. The Bertz CT molecular complexity index is 604. The summed E-state index contributed by atoms with van der Waals surface area (Å²) < 4.78 is 0. The van der Waals surface area contributed by atoms with Crippen LogP contribution in [0.5, 0.6) is 0 Å². The third kappa shape index (κ3) is 3.61. The Balaban J connectivity index is 2.10. The van der Waals surface area contributed by atoms with E-state index in [1.165, 1.54) is 9.75 Å². The van der Waals surface area contributed by atoms with E-state index in [9.17, 15) is 4.79 Å². The molecule has 0 aliphatic rings. The summed E-state index contributed by atoms with van der Waals surface area (Å²) in [4.78, 5) is 14.5. The van der Waals surface area contributed by atoms with Crippen LogP contribution in [0, 0.1) is 13.8 Å². The molecule has 0 unspecified atom stereocenters. The van der Waals surface area contributed by atoms with Gasteiger partial charge in [0.05, 0.1) is 0 Å². The van der Waals surface area contributed by atoms with Crippen molar-refractivity contribution in [3.63, 3.8) is 0 Å². The van der Waals surface area contributed by atoms with Crippen LogP contribution in [0.25, 0.3) is 0 Å². The second-order valence-corrected chi connectivity index (χ2v) is 6.13. The van der Waals surface area contributed by atoms with Gasteiger partial charge in [-0.25, -0.2) is 0 Å². The number of hydrogen-bond donors (Lipinski definition) is 2. The maximum Gasteiger partial charge on any atom is 0.251 e. The van der Waals surface area contributed by atoms with E-state index in [4.69, 9.17) is 0 Å². The summed E-state index contributed by atoms with van der Waals surface area (Å²) in [6.45, 7) is 7.51. The Kier molecular flexibility index (Phi) is 4.79. The predicted molar refractivity (Wildman–Crippen MR) is 85.6 cm³/mol. The first-order valence-electron chi connectivity index (χ1n) is 6.78. The molecule has 0 radical (unpaired) electrons. The predicted octanol–water partition coefficient (Wildman–Crippen LogP) is 3.73. The molecule has 3 nitrogen and oxygen atoms in total. The summed E-state index contributed by atoms with van der Waals surface area (Å²) in [5.74, 6) is -0.0254. The van der Waals surface area contributed by atoms with Crippen LogP contribution < -0.4 is 10.6 Å². The van der Waals surface area contributed by atoms with Crippen LogP contribution in [0.3, 0.4) is 0 Å². The lowest BCUT2D eigenvalue weighted by atomic mass is 10.1. The van der Waals surface area contributed by atoms with Crippen molar-refractivity contribution in [2.75, 3.05) is 11.9 Å². The summed E-state index contributed by atoms with van der Waals surface area (Å²) >= 11 is 1.79. The largest absolute Gasteiger partial charge is 0.380 e. The fourth-order valence-electron chi connectivity index (χ4n) is 1.98. The van der Waals surface area contributed by atoms with Gasteiger partial charge in [-0.15, -0.1) is 11.3 Å². The summed E-state index contributed by atoms with van der Waals surface area (Å²) in [5.41, 5.74) is 2.86. The molecule has 1 amide bonds. The highest BCUT2D eigenvalue weighted by molar-refractivity contribution is 7.11. The lowest BCUT2D eigenvalue weighted by Crippen LogP contribution is -2.22. The quantitative estimate of drug-likeness (QED) is 0.880. The standard InChI is InChI=1S/C16H20N2OS/c1-4-17-16(19)13-7-5-11(2)15(9-13)18-10-14-8-6-12(3)20-14/h5-9,18H,4,10H2,1-3H3,(H,17,19). The molecule has 0 atom stereocenters. The number of aryl methyl sites for hydroxylation is 2. The fraction of sp³-hybridized carbons (Fsp3) is 0.312. The molecule has 20 heavy (non-hydrogen) atoms. The number of thiophene rings is 1. The molecular weight excluding hydrogens is 268 g/mol. The van der Waals surface area contributed by atoms with Crippen LogP contribution in [0.2, 0.25) is 0 Å². The first-order chi connectivity index (χ1) is 9.60. The van der Waals surface area contributed by atoms with Gasteiger partial charge in [0, 0.05) is 34.1 Å². The third-order valence-electron chi connectivity index (χ3n) is 3.09. The van der Waals surface area contributed by atoms with Crippen molar-refractivity contribution in [1.82, 2.24) is 5.32 Å². The Morgan fingerprint density at radius 2 is 2.00 bits per heavy atom. The minimum atomic E-state index is -0.0254. The Hall–Kier alpha value is -1.81. The Morgan fingerprint density at radius 1 is 1.20 bits per heavy atom. The number of anilines is 1. The van der Waals surface area contributed by atoms with Crippen LogP contribution in [0.15, 0.2) is 30.3 Å². The van der Waals surface area contributed by atoms with E-state index in [0.29, 0.717) is 12.1 Å². The van der Waals surface area contributed by atoms with E-state index in [2.05, 4.69) is 29.7 Å². The first kappa shape index (κ1) is 14.6. The molecule has 2 rings (SSSR count). The second kappa shape index (κ2) is 6.57. The van der Waals surface area contributed by atoms with Crippen molar-refractivity contribution in [2.24, 2.45) is 0 Å².